The second-order valence-electron chi connectivity index (χ2n) is 5.07. The highest BCUT2D eigenvalue weighted by Crippen LogP contribution is 2.41. The van der Waals surface area contributed by atoms with E-state index >= 15 is 0 Å². The van der Waals surface area contributed by atoms with E-state index in [2.05, 4.69) is 10.2 Å². The molecule has 110 valence electrons. The standard InChI is InChI=1S/C14H14FN3O2S/c1-8-2-5-10(6-11(8)15)18-13(9-3-4-9)16-17-14(18)21-7-12(19)20/h2,5-6,9H,3-4,7H2,1H3,(H,19,20). The van der Waals surface area contributed by atoms with Crippen LogP contribution >= 0.6 is 11.8 Å². The second kappa shape index (κ2) is 5.48. The Morgan fingerprint density at radius 2 is 2.24 bits per heavy atom. The number of aliphatic carboxylic acids is 1. The summed E-state index contributed by atoms with van der Waals surface area (Å²) in [5.41, 5.74) is 1.21. The van der Waals surface area contributed by atoms with Gasteiger partial charge in [-0.1, -0.05) is 17.8 Å². The van der Waals surface area contributed by atoms with Gasteiger partial charge in [0.15, 0.2) is 5.16 Å². The van der Waals surface area contributed by atoms with E-state index in [0.29, 0.717) is 22.3 Å². The van der Waals surface area contributed by atoms with Gasteiger partial charge in [-0.2, -0.15) is 0 Å². The number of aryl methyl sites for hydroxylation is 1. The lowest BCUT2D eigenvalue weighted by Gasteiger charge is -2.10. The number of rotatable bonds is 5. The third-order valence-corrected chi connectivity index (χ3v) is 4.25. The molecule has 1 N–H and O–H groups in total. The van der Waals surface area contributed by atoms with Gasteiger partial charge in [-0.3, -0.25) is 9.36 Å². The molecule has 0 spiro atoms. The summed E-state index contributed by atoms with van der Waals surface area (Å²) >= 11 is 1.09. The van der Waals surface area contributed by atoms with Crippen LogP contribution in [0.2, 0.25) is 0 Å². The van der Waals surface area contributed by atoms with Gasteiger partial charge in [-0.25, -0.2) is 4.39 Å². The van der Waals surface area contributed by atoms with Crippen molar-refractivity contribution < 1.29 is 14.3 Å². The third kappa shape index (κ3) is 2.92. The quantitative estimate of drug-likeness (QED) is 0.860. The van der Waals surface area contributed by atoms with Gasteiger partial charge in [0.05, 0.1) is 11.4 Å². The zero-order valence-electron chi connectivity index (χ0n) is 11.4. The van der Waals surface area contributed by atoms with Gasteiger partial charge in [0, 0.05) is 5.92 Å². The average Bonchev–Trinajstić information content (AvgIpc) is 3.20. The average molecular weight is 307 g/mol. The highest BCUT2D eigenvalue weighted by Gasteiger charge is 2.31. The smallest absolute Gasteiger partial charge is 0.313 e. The molecule has 1 aromatic heterocycles. The molecule has 2 aromatic rings. The van der Waals surface area contributed by atoms with Crippen molar-refractivity contribution in [2.45, 2.75) is 30.8 Å². The number of halogens is 1. The zero-order chi connectivity index (χ0) is 15.0. The summed E-state index contributed by atoms with van der Waals surface area (Å²) in [7, 11) is 0. The van der Waals surface area contributed by atoms with E-state index in [4.69, 9.17) is 5.11 Å². The number of nitrogens with zero attached hydrogens (tertiary/aromatic N) is 3. The number of hydrogen-bond donors (Lipinski definition) is 1. The van der Waals surface area contributed by atoms with Crippen LogP contribution in [0.1, 0.15) is 30.1 Å². The van der Waals surface area contributed by atoms with Crippen molar-refractivity contribution in [1.29, 1.82) is 0 Å². The van der Waals surface area contributed by atoms with E-state index in [-0.39, 0.29) is 11.6 Å². The molecule has 0 atom stereocenters. The zero-order valence-corrected chi connectivity index (χ0v) is 12.2. The highest BCUT2D eigenvalue weighted by molar-refractivity contribution is 7.99. The van der Waals surface area contributed by atoms with Crippen LogP contribution in [0.5, 0.6) is 0 Å². The van der Waals surface area contributed by atoms with Crippen LogP contribution in [0.15, 0.2) is 23.4 Å². The maximum absolute atomic E-state index is 13.8. The van der Waals surface area contributed by atoms with Gasteiger partial charge in [0.2, 0.25) is 0 Å². The summed E-state index contributed by atoms with van der Waals surface area (Å²) in [4.78, 5) is 10.7. The van der Waals surface area contributed by atoms with Gasteiger partial charge in [-0.15, -0.1) is 10.2 Å². The first-order valence-electron chi connectivity index (χ1n) is 6.62. The first-order chi connectivity index (χ1) is 10.1. The first-order valence-corrected chi connectivity index (χ1v) is 7.61. The van der Waals surface area contributed by atoms with Crippen LogP contribution in [0.25, 0.3) is 5.69 Å². The minimum Gasteiger partial charge on any atom is -0.481 e. The Balaban J connectivity index is 2.02. The van der Waals surface area contributed by atoms with Gasteiger partial charge < -0.3 is 5.11 Å². The molecule has 1 aromatic carbocycles. The van der Waals surface area contributed by atoms with E-state index in [0.717, 1.165) is 30.4 Å². The Morgan fingerprint density at radius 1 is 1.48 bits per heavy atom. The fourth-order valence-corrected chi connectivity index (χ4v) is 2.75. The van der Waals surface area contributed by atoms with E-state index in [1.165, 1.54) is 6.07 Å². The van der Waals surface area contributed by atoms with Gasteiger partial charge in [-0.05, 0) is 37.5 Å². The monoisotopic (exact) mass is 307 g/mol. The van der Waals surface area contributed by atoms with Crippen LogP contribution in [0.4, 0.5) is 4.39 Å². The number of carboxylic acid groups (broad SMARTS) is 1. The Bertz CT molecular complexity index is 698. The SMILES string of the molecule is Cc1ccc(-n2c(SCC(=O)O)nnc2C2CC2)cc1F. The minimum absolute atomic E-state index is 0.100. The summed E-state index contributed by atoms with van der Waals surface area (Å²) in [6.45, 7) is 1.70. The normalized spacial score (nSPS) is 14.4. The summed E-state index contributed by atoms with van der Waals surface area (Å²) in [5.74, 6) is -0.195. The van der Waals surface area contributed by atoms with Gasteiger partial charge in [0.25, 0.3) is 0 Å². The van der Waals surface area contributed by atoms with Crippen LogP contribution in [-0.2, 0) is 4.79 Å². The molecule has 1 heterocycles. The topological polar surface area (TPSA) is 68.0 Å². The number of hydrogen-bond acceptors (Lipinski definition) is 4. The molecule has 1 fully saturated rings. The predicted octanol–water partition coefficient (Wildman–Crippen LogP) is 2.77. The molecule has 0 bridgehead atoms. The lowest BCUT2D eigenvalue weighted by Crippen LogP contribution is -2.05. The van der Waals surface area contributed by atoms with E-state index < -0.39 is 5.97 Å². The van der Waals surface area contributed by atoms with Crippen LogP contribution in [-0.4, -0.2) is 31.6 Å². The molecule has 5 nitrogen and oxygen atoms in total. The molecule has 1 aliphatic rings. The maximum atomic E-state index is 13.8. The Hall–Kier alpha value is -1.89. The molecule has 1 saturated carbocycles. The molecule has 21 heavy (non-hydrogen) atoms. The molecule has 3 rings (SSSR count). The third-order valence-electron chi connectivity index (χ3n) is 3.34. The summed E-state index contributed by atoms with van der Waals surface area (Å²) in [6.07, 6.45) is 2.08. The molecule has 0 unspecified atom stereocenters. The van der Waals surface area contributed by atoms with Crippen LogP contribution < -0.4 is 0 Å². The second-order valence-corrected chi connectivity index (χ2v) is 6.01. The maximum Gasteiger partial charge on any atom is 0.313 e. The number of carboxylic acids is 1. The highest BCUT2D eigenvalue weighted by atomic mass is 32.2. The fourth-order valence-electron chi connectivity index (χ4n) is 2.07. The van der Waals surface area contributed by atoms with E-state index in [9.17, 15) is 9.18 Å². The molecule has 0 amide bonds. The lowest BCUT2D eigenvalue weighted by atomic mass is 10.2. The van der Waals surface area contributed by atoms with Crippen LogP contribution in [0.3, 0.4) is 0 Å². The Kier molecular flexibility index (Phi) is 3.67. The summed E-state index contributed by atoms with van der Waals surface area (Å²) < 4.78 is 15.6. The molecule has 7 heteroatoms. The number of thioether (sulfide) groups is 1. The predicted molar refractivity (Wildman–Crippen MR) is 76.4 cm³/mol. The van der Waals surface area contributed by atoms with Gasteiger partial charge in [0.1, 0.15) is 11.6 Å². The molecule has 0 radical (unpaired) electrons. The molecular formula is C14H14FN3O2S. The summed E-state index contributed by atoms with van der Waals surface area (Å²) in [6, 6.07) is 4.95. The number of carbonyl (C=O) groups is 1. The van der Waals surface area contributed by atoms with Crippen molar-refractivity contribution in [2.75, 3.05) is 5.75 Å². The molecule has 1 aliphatic carbocycles. The molecular weight excluding hydrogens is 293 g/mol. The van der Waals surface area contributed by atoms with Crippen molar-refractivity contribution in [3.8, 4) is 5.69 Å². The first kappa shape index (κ1) is 14.1. The van der Waals surface area contributed by atoms with Crippen molar-refractivity contribution in [2.24, 2.45) is 0 Å². The molecule has 0 aliphatic heterocycles. The Morgan fingerprint density at radius 3 is 2.86 bits per heavy atom. The van der Waals surface area contributed by atoms with Crippen molar-refractivity contribution >= 4 is 17.7 Å². The van der Waals surface area contributed by atoms with Crippen molar-refractivity contribution in [1.82, 2.24) is 14.8 Å². The largest absolute Gasteiger partial charge is 0.481 e. The minimum atomic E-state index is -0.919. The Labute approximate surface area is 125 Å². The molecule has 0 saturated heterocycles. The van der Waals surface area contributed by atoms with E-state index in [1.807, 2.05) is 0 Å². The number of aromatic nitrogens is 3. The van der Waals surface area contributed by atoms with Crippen molar-refractivity contribution in [3.05, 3.63) is 35.4 Å². The lowest BCUT2D eigenvalue weighted by molar-refractivity contribution is -0.133. The fraction of sp³-hybridized carbons (Fsp3) is 0.357. The summed E-state index contributed by atoms with van der Waals surface area (Å²) in [5, 5.41) is 17.5. The van der Waals surface area contributed by atoms with E-state index in [1.54, 1.807) is 23.6 Å². The number of benzene rings is 1. The van der Waals surface area contributed by atoms with Gasteiger partial charge >= 0.3 is 5.97 Å². The van der Waals surface area contributed by atoms with Crippen molar-refractivity contribution in [3.63, 3.8) is 0 Å². The van der Waals surface area contributed by atoms with Crippen LogP contribution in [0, 0.1) is 12.7 Å².